The molecule has 18 heavy (non-hydrogen) atoms. The maximum Gasteiger partial charge on any atom is 0.272 e. The molecule has 0 bridgehead atoms. The SMILES string of the molecule is O=[N+]([O-])c1cc(Cl)c(NCC2(O)CCC2)c(Cl)c1. The Morgan fingerprint density at radius 1 is 1.39 bits per heavy atom. The van der Waals surface area contributed by atoms with Crippen LogP contribution in [0, 0.1) is 10.1 Å². The van der Waals surface area contributed by atoms with Crippen LogP contribution in [0.4, 0.5) is 11.4 Å². The fraction of sp³-hybridized carbons (Fsp3) is 0.455. The van der Waals surface area contributed by atoms with E-state index in [1.807, 2.05) is 0 Å². The monoisotopic (exact) mass is 290 g/mol. The van der Waals surface area contributed by atoms with Crippen molar-refractivity contribution >= 4 is 34.6 Å². The molecule has 5 nitrogen and oxygen atoms in total. The predicted octanol–water partition coefficient (Wildman–Crippen LogP) is 3.23. The lowest BCUT2D eigenvalue weighted by Gasteiger charge is -2.37. The van der Waals surface area contributed by atoms with Gasteiger partial charge in [-0.25, -0.2) is 0 Å². The molecular formula is C11H12Cl2N2O3. The molecule has 0 amide bonds. The van der Waals surface area contributed by atoms with Crippen molar-refractivity contribution in [3.63, 3.8) is 0 Å². The zero-order valence-corrected chi connectivity index (χ0v) is 11.0. The van der Waals surface area contributed by atoms with Gasteiger partial charge in [0.15, 0.2) is 0 Å². The highest BCUT2D eigenvalue weighted by molar-refractivity contribution is 6.39. The summed E-state index contributed by atoms with van der Waals surface area (Å²) < 4.78 is 0. The fourth-order valence-electron chi connectivity index (χ4n) is 1.85. The van der Waals surface area contributed by atoms with Gasteiger partial charge in [-0.2, -0.15) is 0 Å². The molecule has 1 aromatic rings. The number of hydrogen-bond donors (Lipinski definition) is 2. The highest BCUT2D eigenvalue weighted by atomic mass is 35.5. The molecule has 7 heteroatoms. The molecule has 98 valence electrons. The second-order valence-corrected chi connectivity index (χ2v) is 5.29. The van der Waals surface area contributed by atoms with E-state index in [0.29, 0.717) is 12.2 Å². The lowest BCUT2D eigenvalue weighted by Crippen LogP contribution is -2.43. The van der Waals surface area contributed by atoms with Crippen LogP contribution in [0.3, 0.4) is 0 Å². The Kier molecular flexibility index (Phi) is 3.66. The highest BCUT2D eigenvalue weighted by Crippen LogP contribution is 2.37. The van der Waals surface area contributed by atoms with Crippen molar-refractivity contribution in [2.75, 3.05) is 11.9 Å². The first-order chi connectivity index (χ1) is 8.41. The van der Waals surface area contributed by atoms with Crippen molar-refractivity contribution < 1.29 is 10.0 Å². The van der Waals surface area contributed by atoms with E-state index in [4.69, 9.17) is 23.2 Å². The Bertz CT molecular complexity index is 466. The van der Waals surface area contributed by atoms with Gasteiger partial charge in [-0.3, -0.25) is 10.1 Å². The van der Waals surface area contributed by atoms with E-state index in [1.165, 1.54) is 12.1 Å². The Balaban J connectivity index is 2.15. The lowest BCUT2D eigenvalue weighted by atomic mass is 9.80. The van der Waals surface area contributed by atoms with Crippen LogP contribution in [0.2, 0.25) is 10.0 Å². The average Bonchev–Trinajstić information content (AvgIpc) is 2.25. The molecule has 0 saturated heterocycles. The Morgan fingerprint density at radius 2 is 1.94 bits per heavy atom. The quantitative estimate of drug-likeness (QED) is 0.659. The summed E-state index contributed by atoms with van der Waals surface area (Å²) in [4.78, 5) is 10.1. The van der Waals surface area contributed by atoms with E-state index in [0.717, 1.165) is 19.3 Å². The molecule has 1 aliphatic carbocycles. The number of rotatable bonds is 4. The van der Waals surface area contributed by atoms with Crippen LogP contribution in [0.5, 0.6) is 0 Å². The summed E-state index contributed by atoms with van der Waals surface area (Å²) >= 11 is 11.9. The van der Waals surface area contributed by atoms with E-state index in [9.17, 15) is 15.2 Å². The van der Waals surface area contributed by atoms with Crippen molar-refractivity contribution in [3.05, 3.63) is 32.3 Å². The summed E-state index contributed by atoms with van der Waals surface area (Å²) in [5.74, 6) is 0. The summed E-state index contributed by atoms with van der Waals surface area (Å²) in [7, 11) is 0. The van der Waals surface area contributed by atoms with Gasteiger partial charge >= 0.3 is 0 Å². The summed E-state index contributed by atoms with van der Waals surface area (Å²) in [5, 5.41) is 23.9. The van der Waals surface area contributed by atoms with Gasteiger partial charge in [0.05, 0.1) is 26.3 Å². The fourth-order valence-corrected chi connectivity index (χ4v) is 2.46. The van der Waals surface area contributed by atoms with E-state index in [1.54, 1.807) is 0 Å². The van der Waals surface area contributed by atoms with E-state index in [-0.39, 0.29) is 15.7 Å². The molecular weight excluding hydrogens is 279 g/mol. The number of non-ortho nitro benzene ring substituents is 1. The van der Waals surface area contributed by atoms with Crippen LogP contribution in [0.25, 0.3) is 0 Å². The van der Waals surface area contributed by atoms with Gasteiger partial charge in [-0.1, -0.05) is 23.2 Å². The van der Waals surface area contributed by atoms with Crippen molar-refractivity contribution in [1.29, 1.82) is 0 Å². The molecule has 0 aliphatic heterocycles. The first-order valence-corrected chi connectivity index (χ1v) is 6.27. The van der Waals surface area contributed by atoms with Crippen LogP contribution in [-0.2, 0) is 0 Å². The topological polar surface area (TPSA) is 75.4 Å². The van der Waals surface area contributed by atoms with Crippen LogP contribution in [-0.4, -0.2) is 22.2 Å². The molecule has 0 spiro atoms. The summed E-state index contributed by atoms with van der Waals surface area (Å²) in [5.41, 5.74) is -0.448. The number of aliphatic hydroxyl groups is 1. The molecule has 0 aromatic heterocycles. The number of nitrogens with zero attached hydrogens (tertiary/aromatic N) is 1. The van der Waals surface area contributed by atoms with Gasteiger partial charge in [0, 0.05) is 18.7 Å². The van der Waals surface area contributed by atoms with Gasteiger partial charge in [0.2, 0.25) is 0 Å². The maximum absolute atomic E-state index is 10.6. The molecule has 1 fully saturated rings. The number of anilines is 1. The second kappa shape index (κ2) is 4.91. The summed E-state index contributed by atoms with van der Waals surface area (Å²) in [6.45, 7) is 0.338. The second-order valence-electron chi connectivity index (χ2n) is 4.47. The molecule has 0 unspecified atom stereocenters. The van der Waals surface area contributed by atoms with Crippen molar-refractivity contribution in [3.8, 4) is 0 Å². The Hall–Kier alpha value is -1.04. The maximum atomic E-state index is 10.6. The number of nitrogens with one attached hydrogen (secondary N) is 1. The largest absolute Gasteiger partial charge is 0.388 e. The van der Waals surface area contributed by atoms with Crippen molar-refractivity contribution in [1.82, 2.24) is 0 Å². The average molecular weight is 291 g/mol. The van der Waals surface area contributed by atoms with Crippen molar-refractivity contribution in [2.45, 2.75) is 24.9 Å². The minimum atomic E-state index is -0.714. The van der Waals surface area contributed by atoms with Crippen molar-refractivity contribution in [2.24, 2.45) is 0 Å². The van der Waals surface area contributed by atoms with Gasteiger partial charge in [-0.05, 0) is 19.3 Å². The first-order valence-electron chi connectivity index (χ1n) is 5.51. The number of benzene rings is 1. The van der Waals surface area contributed by atoms with Crippen LogP contribution >= 0.6 is 23.2 Å². The number of halogens is 2. The van der Waals surface area contributed by atoms with Crippen LogP contribution in [0.15, 0.2) is 12.1 Å². The molecule has 0 atom stereocenters. The number of hydrogen-bond acceptors (Lipinski definition) is 4. The smallest absolute Gasteiger partial charge is 0.272 e. The Labute approximate surface area is 114 Å². The van der Waals surface area contributed by atoms with E-state index >= 15 is 0 Å². The molecule has 2 N–H and O–H groups in total. The molecule has 0 heterocycles. The third-order valence-electron chi connectivity index (χ3n) is 3.12. The van der Waals surface area contributed by atoms with E-state index in [2.05, 4.69) is 5.32 Å². The first kappa shape index (κ1) is 13.4. The van der Waals surface area contributed by atoms with Gasteiger partial charge in [-0.15, -0.1) is 0 Å². The third-order valence-corrected chi connectivity index (χ3v) is 3.71. The van der Waals surface area contributed by atoms with Gasteiger partial charge in [0.25, 0.3) is 5.69 Å². The highest BCUT2D eigenvalue weighted by Gasteiger charge is 2.34. The lowest BCUT2D eigenvalue weighted by molar-refractivity contribution is -0.384. The van der Waals surface area contributed by atoms with Crippen LogP contribution in [0.1, 0.15) is 19.3 Å². The summed E-state index contributed by atoms with van der Waals surface area (Å²) in [6.07, 6.45) is 2.48. The van der Waals surface area contributed by atoms with Crippen LogP contribution < -0.4 is 5.32 Å². The molecule has 1 aromatic carbocycles. The number of nitro benzene ring substituents is 1. The van der Waals surface area contributed by atoms with E-state index < -0.39 is 10.5 Å². The zero-order chi connectivity index (χ0) is 13.3. The standard InChI is InChI=1S/C11H12Cl2N2O3/c12-8-4-7(15(17)18)5-9(13)10(8)14-6-11(16)2-1-3-11/h4-5,14,16H,1-3,6H2. The Morgan fingerprint density at radius 3 is 2.33 bits per heavy atom. The van der Waals surface area contributed by atoms with Gasteiger partial charge in [0.1, 0.15) is 0 Å². The minimum Gasteiger partial charge on any atom is -0.388 e. The minimum absolute atomic E-state index is 0.155. The molecule has 1 saturated carbocycles. The molecule has 0 radical (unpaired) electrons. The predicted molar refractivity (Wildman–Crippen MR) is 70.4 cm³/mol. The molecule has 1 aliphatic rings. The normalized spacial score (nSPS) is 17.1. The third kappa shape index (κ3) is 2.68. The summed E-state index contributed by atoms with van der Waals surface area (Å²) in [6, 6.07) is 2.47. The molecule has 2 rings (SSSR count). The zero-order valence-electron chi connectivity index (χ0n) is 9.45. The number of nitro groups is 1. The van der Waals surface area contributed by atoms with Gasteiger partial charge < -0.3 is 10.4 Å².